The van der Waals surface area contributed by atoms with Gasteiger partial charge in [0.1, 0.15) is 5.82 Å². The summed E-state index contributed by atoms with van der Waals surface area (Å²) in [4.78, 5) is 11.6. The zero-order chi connectivity index (χ0) is 12.5. The van der Waals surface area contributed by atoms with Crippen molar-refractivity contribution in [3.8, 4) is 0 Å². The molecule has 1 aromatic heterocycles. The van der Waals surface area contributed by atoms with Crippen LogP contribution in [0.5, 0.6) is 0 Å². The average Bonchev–Trinajstić information content (AvgIpc) is 2.80. The van der Waals surface area contributed by atoms with Crippen molar-refractivity contribution in [1.29, 1.82) is 0 Å². The van der Waals surface area contributed by atoms with E-state index in [4.69, 9.17) is 0 Å². The Labute approximate surface area is 108 Å². The van der Waals surface area contributed by atoms with Gasteiger partial charge >= 0.3 is 0 Å². The predicted octanol–water partition coefficient (Wildman–Crippen LogP) is 3.10. The Bertz CT molecular complexity index is 392. The van der Waals surface area contributed by atoms with E-state index in [0.717, 1.165) is 29.8 Å². The Kier molecular flexibility index (Phi) is 3.61. The Morgan fingerprint density at radius 2 is 1.82 bits per heavy atom. The highest BCUT2D eigenvalue weighted by atomic mass is 32.2. The molecule has 0 N–H and O–H groups in total. The van der Waals surface area contributed by atoms with Crippen LogP contribution in [0.1, 0.15) is 39.3 Å². The van der Waals surface area contributed by atoms with Crippen LogP contribution < -0.4 is 4.90 Å². The van der Waals surface area contributed by atoms with Gasteiger partial charge in [-0.2, -0.15) is 0 Å². The van der Waals surface area contributed by atoms with Crippen LogP contribution in [0.15, 0.2) is 11.2 Å². The predicted molar refractivity (Wildman–Crippen MR) is 74.0 cm³/mol. The molecule has 94 valence electrons. The molecule has 0 saturated carbocycles. The molecule has 3 nitrogen and oxygen atoms in total. The van der Waals surface area contributed by atoms with Gasteiger partial charge in [-0.05, 0) is 19.1 Å². The summed E-state index contributed by atoms with van der Waals surface area (Å²) in [5.74, 6) is 1.10. The van der Waals surface area contributed by atoms with E-state index < -0.39 is 0 Å². The monoisotopic (exact) mass is 251 g/mol. The van der Waals surface area contributed by atoms with Crippen molar-refractivity contribution in [3.05, 3.63) is 11.8 Å². The summed E-state index contributed by atoms with van der Waals surface area (Å²) < 4.78 is 0. The average molecular weight is 251 g/mol. The number of anilines is 1. The van der Waals surface area contributed by atoms with Crippen LogP contribution >= 0.6 is 11.8 Å². The van der Waals surface area contributed by atoms with Crippen molar-refractivity contribution in [2.75, 3.05) is 24.2 Å². The first-order valence-corrected chi connectivity index (χ1v) is 7.41. The smallest absolute Gasteiger partial charge is 0.189 e. The van der Waals surface area contributed by atoms with E-state index in [-0.39, 0.29) is 5.41 Å². The molecule has 2 heterocycles. The summed E-state index contributed by atoms with van der Waals surface area (Å²) in [5.41, 5.74) is 1.22. The van der Waals surface area contributed by atoms with Gasteiger partial charge in [0, 0.05) is 24.6 Å². The van der Waals surface area contributed by atoms with E-state index in [1.165, 1.54) is 12.8 Å². The highest BCUT2D eigenvalue weighted by molar-refractivity contribution is 7.98. The van der Waals surface area contributed by atoms with Crippen molar-refractivity contribution in [3.63, 3.8) is 0 Å². The number of hydrogen-bond acceptors (Lipinski definition) is 4. The maximum atomic E-state index is 4.63. The molecule has 0 aromatic carbocycles. The van der Waals surface area contributed by atoms with E-state index in [1.807, 2.05) is 6.26 Å². The minimum absolute atomic E-state index is 0.0852. The number of rotatable bonds is 2. The molecule has 0 aliphatic carbocycles. The Morgan fingerprint density at radius 1 is 1.18 bits per heavy atom. The summed E-state index contributed by atoms with van der Waals surface area (Å²) in [7, 11) is 0. The van der Waals surface area contributed by atoms with Crippen molar-refractivity contribution in [2.24, 2.45) is 0 Å². The number of aromatic nitrogens is 2. The van der Waals surface area contributed by atoms with Crippen LogP contribution in [0.4, 0.5) is 5.82 Å². The maximum absolute atomic E-state index is 4.63. The highest BCUT2D eigenvalue weighted by Gasteiger charge is 2.21. The van der Waals surface area contributed by atoms with Gasteiger partial charge in [0.05, 0.1) is 5.69 Å². The second kappa shape index (κ2) is 4.84. The quantitative estimate of drug-likeness (QED) is 0.596. The van der Waals surface area contributed by atoms with E-state index in [2.05, 4.69) is 41.7 Å². The zero-order valence-corrected chi connectivity index (χ0v) is 12.0. The minimum atomic E-state index is 0.0852. The molecule has 0 amide bonds. The SMILES string of the molecule is CSc1nc(N2CCCC2)cc(C(C)(C)C)n1. The first-order chi connectivity index (χ1) is 8.00. The van der Waals surface area contributed by atoms with E-state index in [0.29, 0.717) is 0 Å². The lowest BCUT2D eigenvalue weighted by Gasteiger charge is -2.22. The molecule has 1 aliphatic heterocycles. The zero-order valence-electron chi connectivity index (χ0n) is 11.2. The Hall–Kier alpha value is -0.770. The second-order valence-corrected chi connectivity index (χ2v) is 6.32. The normalized spacial score (nSPS) is 16.6. The van der Waals surface area contributed by atoms with E-state index in [9.17, 15) is 0 Å². The topological polar surface area (TPSA) is 29.0 Å². The standard InChI is InChI=1S/C13H21N3S/c1-13(2,3)10-9-11(15-12(14-10)17-4)16-7-5-6-8-16/h9H,5-8H2,1-4H3. The van der Waals surface area contributed by atoms with Gasteiger partial charge in [0.2, 0.25) is 0 Å². The van der Waals surface area contributed by atoms with Gasteiger partial charge in [-0.3, -0.25) is 0 Å². The molecular formula is C13H21N3S. The van der Waals surface area contributed by atoms with Crippen LogP contribution in [0, 0.1) is 0 Å². The second-order valence-electron chi connectivity index (χ2n) is 5.54. The van der Waals surface area contributed by atoms with Crippen molar-refractivity contribution in [1.82, 2.24) is 9.97 Å². The summed E-state index contributed by atoms with van der Waals surface area (Å²) in [6.07, 6.45) is 4.60. The molecule has 0 spiro atoms. The minimum Gasteiger partial charge on any atom is -0.356 e. The van der Waals surface area contributed by atoms with E-state index in [1.54, 1.807) is 11.8 Å². The third kappa shape index (κ3) is 2.92. The summed E-state index contributed by atoms with van der Waals surface area (Å²) in [6.45, 7) is 8.87. The van der Waals surface area contributed by atoms with E-state index >= 15 is 0 Å². The molecule has 4 heteroatoms. The molecule has 0 atom stereocenters. The fourth-order valence-electron chi connectivity index (χ4n) is 2.00. The maximum Gasteiger partial charge on any atom is 0.189 e. The number of hydrogen-bond donors (Lipinski definition) is 0. The number of nitrogens with zero attached hydrogens (tertiary/aromatic N) is 3. The van der Waals surface area contributed by atoms with Gasteiger partial charge in [0.15, 0.2) is 5.16 Å². The molecule has 1 aromatic rings. The molecule has 2 rings (SSSR count). The molecule has 0 bridgehead atoms. The lowest BCUT2D eigenvalue weighted by molar-refractivity contribution is 0.558. The molecule has 0 radical (unpaired) electrons. The molecular weight excluding hydrogens is 230 g/mol. The molecule has 1 aliphatic rings. The summed E-state index contributed by atoms with van der Waals surface area (Å²) in [5, 5.41) is 0.888. The number of thioether (sulfide) groups is 1. The lowest BCUT2D eigenvalue weighted by atomic mass is 9.92. The molecule has 0 unspecified atom stereocenters. The van der Waals surface area contributed by atoms with Crippen molar-refractivity contribution < 1.29 is 0 Å². The lowest BCUT2D eigenvalue weighted by Crippen LogP contribution is -2.22. The third-order valence-corrected chi connectivity index (χ3v) is 3.62. The van der Waals surface area contributed by atoms with Crippen LogP contribution in [-0.2, 0) is 5.41 Å². The summed E-state index contributed by atoms with van der Waals surface area (Å²) in [6, 6.07) is 2.16. The third-order valence-electron chi connectivity index (χ3n) is 3.07. The first kappa shape index (κ1) is 12.7. The summed E-state index contributed by atoms with van der Waals surface area (Å²) >= 11 is 1.62. The van der Waals surface area contributed by atoms with Crippen LogP contribution in [0.2, 0.25) is 0 Å². The Balaban J connectivity index is 2.38. The first-order valence-electron chi connectivity index (χ1n) is 6.19. The largest absolute Gasteiger partial charge is 0.356 e. The van der Waals surface area contributed by atoms with Crippen LogP contribution in [-0.4, -0.2) is 29.3 Å². The van der Waals surface area contributed by atoms with Gasteiger partial charge in [0.25, 0.3) is 0 Å². The fourth-order valence-corrected chi connectivity index (χ4v) is 2.37. The fraction of sp³-hybridized carbons (Fsp3) is 0.692. The van der Waals surface area contributed by atoms with Gasteiger partial charge in [-0.15, -0.1) is 0 Å². The van der Waals surface area contributed by atoms with Gasteiger partial charge in [-0.25, -0.2) is 9.97 Å². The van der Waals surface area contributed by atoms with Crippen LogP contribution in [0.3, 0.4) is 0 Å². The van der Waals surface area contributed by atoms with Gasteiger partial charge < -0.3 is 4.90 Å². The van der Waals surface area contributed by atoms with Crippen LogP contribution in [0.25, 0.3) is 0 Å². The van der Waals surface area contributed by atoms with Gasteiger partial charge in [-0.1, -0.05) is 32.5 Å². The highest BCUT2D eigenvalue weighted by Crippen LogP contribution is 2.27. The van der Waals surface area contributed by atoms with Crippen molar-refractivity contribution >= 4 is 17.6 Å². The molecule has 17 heavy (non-hydrogen) atoms. The van der Waals surface area contributed by atoms with Crippen molar-refractivity contribution in [2.45, 2.75) is 44.2 Å². The Morgan fingerprint density at radius 3 is 2.35 bits per heavy atom. The molecule has 1 saturated heterocycles. The molecule has 1 fully saturated rings.